The molecular formula is C48H67BN6O10S. The summed E-state index contributed by atoms with van der Waals surface area (Å²) in [6.45, 7) is 1.95. The molecule has 0 unspecified atom stereocenters. The molecule has 16 nitrogen and oxygen atoms in total. The minimum absolute atomic E-state index is 0.0157. The van der Waals surface area contributed by atoms with Gasteiger partial charge in [-0.25, -0.2) is 14.8 Å². The molecule has 66 heavy (non-hydrogen) atoms. The number of aromatic nitrogens is 1. The van der Waals surface area contributed by atoms with Crippen LogP contribution >= 0.6 is 0 Å². The average molecular weight is 931 g/mol. The van der Waals surface area contributed by atoms with Crippen LogP contribution in [-0.2, 0) is 51.8 Å². The van der Waals surface area contributed by atoms with E-state index in [0.717, 1.165) is 58.1 Å². The molecule has 1 atom stereocenters. The van der Waals surface area contributed by atoms with E-state index in [2.05, 4.69) is 48.1 Å². The summed E-state index contributed by atoms with van der Waals surface area (Å²) in [6, 6.07) is 24.3. The lowest BCUT2D eigenvalue weighted by molar-refractivity contribution is -0.128. The predicted molar refractivity (Wildman–Crippen MR) is 257 cm³/mol. The van der Waals surface area contributed by atoms with Crippen LogP contribution in [0.15, 0.2) is 78.9 Å². The molecule has 0 saturated heterocycles. The SMILES string of the molecule is BCCCCCCCCCC(=O)NCCOCCOCCNC(=O)[C@H](CS(=O)(=O)O)NC(=O)CCn1c(CN(C)N(C)C(=O)OCC2c3ccccc3-c3ccccc32)cc2ccccc21. The Balaban J connectivity index is 1.02. The lowest BCUT2D eigenvalue weighted by Crippen LogP contribution is -2.51. The smallest absolute Gasteiger partial charge is 0.424 e. The van der Waals surface area contributed by atoms with Crippen LogP contribution < -0.4 is 16.0 Å². The predicted octanol–water partition coefficient (Wildman–Crippen LogP) is 5.07. The Morgan fingerprint density at radius 1 is 0.758 bits per heavy atom. The van der Waals surface area contributed by atoms with Crippen LogP contribution in [0.1, 0.15) is 80.5 Å². The van der Waals surface area contributed by atoms with Gasteiger partial charge in [-0.15, -0.1) is 0 Å². The third kappa shape index (κ3) is 16.3. The summed E-state index contributed by atoms with van der Waals surface area (Å²) < 4.78 is 52.1. The zero-order valence-corrected chi connectivity index (χ0v) is 39.5. The molecule has 3 aromatic carbocycles. The highest BCUT2D eigenvalue weighted by atomic mass is 32.2. The quantitative estimate of drug-likeness (QED) is 0.0236. The Morgan fingerprint density at radius 2 is 1.35 bits per heavy atom. The van der Waals surface area contributed by atoms with E-state index in [1.54, 1.807) is 19.1 Å². The topological polar surface area (TPSA) is 198 Å². The number of carbonyl (C=O) groups is 4. The van der Waals surface area contributed by atoms with Crippen LogP contribution in [0.25, 0.3) is 22.0 Å². The van der Waals surface area contributed by atoms with Crippen molar-refractivity contribution in [2.45, 2.75) is 89.2 Å². The second-order valence-electron chi connectivity index (χ2n) is 16.7. The van der Waals surface area contributed by atoms with Crippen molar-refractivity contribution in [2.75, 3.05) is 66.0 Å². The van der Waals surface area contributed by atoms with Crippen molar-refractivity contribution in [2.24, 2.45) is 0 Å². The molecule has 0 saturated carbocycles. The molecule has 0 radical (unpaired) electrons. The molecule has 0 aliphatic heterocycles. The van der Waals surface area contributed by atoms with Crippen LogP contribution in [0.2, 0.25) is 6.32 Å². The number of ether oxygens (including phenoxy) is 3. The zero-order valence-electron chi connectivity index (χ0n) is 38.7. The molecule has 5 rings (SSSR count). The Morgan fingerprint density at radius 3 is 2.00 bits per heavy atom. The Labute approximate surface area is 390 Å². The number of fused-ring (bicyclic) bond motifs is 4. The summed E-state index contributed by atoms with van der Waals surface area (Å²) in [5.41, 5.74) is 6.13. The molecular weight excluding hydrogens is 863 g/mol. The van der Waals surface area contributed by atoms with Crippen LogP contribution in [0.3, 0.4) is 0 Å². The maximum Gasteiger partial charge on any atom is 0.424 e. The van der Waals surface area contributed by atoms with Crippen molar-refractivity contribution < 1.29 is 46.4 Å². The van der Waals surface area contributed by atoms with Crippen LogP contribution in [0.4, 0.5) is 4.79 Å². The minimum atomic E-state index is -4.64. The largest absolute Gasteiger partial charge is 0.447 e. The molecule has 1 aliphatic carbocycles. The van der Waals surface area contributed by atoms with E-state index in [-0.39, 0.29) is 64.3 Å². The fourth-order valence-corrected chi connectivity index (χ4v) is 8.82. The number of carbonyl (C=O) groups excluding carboxylic acids is 4. The number of benzene rings is 3. The van der Waals surface area contributed by atoms with Gasteiger partial charge in [-0.05, 0) is 46.2 Å². The van der Waals surface area contributed by atoms with Crippen molar-refractivity contribution in [3.8, 4) is 11.1 Å². The molecule has 4 aromatic rings. The highest BCUT2D eigenvalue weighted by Gasteiger charge is 2.30. The molecule has 1 aliphatic rings. The lowest BCUT2D eigenvalue weighted by atomic mass is 9.98. The van der Waals surface area contributed by atoms with E-state index < -0.39 is 39.8 Å². The van der Waals surface area contributed by atoms with E-state index in [1.165, 1.54) is 37.0 Å². The second-order valence-corrected chi connectivity index (χ2v) is 18.2. The van der Waals surface area contributed by atoms with Gasteiger partial charge in [0.2, 0.25) is 17.7 Å². The number of para-hydroxylation sites is 1. The molecule has 1 aromatic heterocycles. The lowest BCUT2D eigenvalue weighted by Gasteiger charge is -2.28. The number of nitrogens with one attached hydrogen (secondary N) is 3. The summed E-state index contributed by atoms with van der Waals surface area (Å²) in [5, 5.41) is 11.9. The number of aryl methyl sites for hydroxylation is 1. The molecule has 4 amide bonds. The Hall–Kier alpha value is -5.27. The van der Waals surface area contributed by atoms with Crippen molar-refractivity contribution in [1.29, 1.82) is 0 Å². The fraction of sp³-hybridized carbons (Fsp3) is 0.500. The first-order valence-corrected chi connectivity index (χ1v) is 24.8. The summed E-state index contributed by atoms with van der Waals surface area (Å²) >= 11 is 0. The van der Waals surface area contributed by atoms with Crippen LogP contribution in [-0.4, -0.2) is 131 Å². The van der Waals surface area contributed by atoms with Gasteiger partial charge in [0.05, 0.1) is 33.0 Å². The van der Waals surface area contributed by atoms with E-state index in [0.29, 0.717) is 19.6 Å². The Kier molecular flexibility index (Phi) is 21.0. The summed E-state index contributed by atoms with van der Waals surface area (Å²) in [6.07, 6.45) is 9.27. The maximum absolute atomic E-state index is 13.4. The van der Waals surface area contributed by atoms with Crippen molar-refractivity contribution in [3.63, 3.8) is 0 Å². The van der Waals surface area contributed by atoms with Gasteiger partial charge in [-0.3, -0.25) is 18.9 Å². The van der Waals surface area contributed by atoms with Gasteiger partial charge in [-0.2, -0.15) is 8.42 Å². The van der Waals surface area contributed by atoms with Crippen molar-refractivity contribution in [1.82, 2.24) is 30.5 Å². The first-order chi connectivity index (χ1) is 31.9. The normalized spacial score (nSPS) is 12.7. The van der Waals surface area contributed by atoms with E-state index in [4.69, 9.17) is 14.2 Å². The van der Waals surface area contributed by atoms with E-state index >= 15 is 0 Å². The number of unbranched alkanes of at least 4 members (excludes halogenated alkanes) is 6. The van der Waals surface area contributed by atoms with Crippen molar-refractivity contribution >= 4 is 52.7 Å². The number of nitrogens with zero attached hydrogens (tertiary/aromatic N) is 3. The fourth-order valence-electron chi connectivity index (χ4n) is 8.17. The summed E-state index contributed by atoms with van der Waals surface area (Å²) in [5.74, 6) is -2.49. The highest BCUT2D eigenvalue weighted by Crippen LogP contribution is 2.44. The average Bonchev–Trinajstić information content (AvgIpc) is 3.82. The number of amides is 4. The summed E-state index contributed by atoms with van der Waals surface area (Å²) in [4.78, 5) is 51.8. The number of rotatable bonds is 30. The van der Waals surface area contributed by atoms with Gasteiger partial charge < -0.3 is 34.7 Å². The van der Waals surface area contributed by atoms with E-state index in [9.17, 15) is 32.1 Å². The standard InChI is InChI=1S/C48H67BN6O10S/c1-53(54(2)48(59)65-34-42-40-19-12-10-17-38(40)39-18-11-13-20-41(39)42)33-37-32-36-16-9-14-21-44(36)55(37)27-23-46(57)52-43(35-66(60,61)62)47(58)51-26-29-64-31-30-63-28-25-50-45(56)22-8-6-4-3-5-7-15-24-49/h9-14,16-21,32,42-43H,3-8,15,22-31,33-35,49H2,1-2H3,(H,50,56)(H,51,58)(H,52,57)(H,60,61,62)/t43-/m0/s1. The number of hydrazine groups is 1. The van der Waals surface area contributed by atoms with Gasteiger partial charge in [0.1, 0.15) is 26.2 Å². The second kappa shape index (κ2) is 26.8. The number of hydrogen-bond acceptors (Lipinski definition) is 10. The van der Waals surface area contributed by atoms with Gasteiger partial charge in [-0.1, -0.05) is 112 Å². The molecule has 0 fully saturated rings. The monoisotopic (exact) mass is 930 g/mol. The number of hydrogen-bond donors (Lipinski definition) is 4. The first-order valence-electron chi connectivity index (χ1n) is 23.2. The molecule has 4 N–H and O–H groups in total. The van der Waals surface area contributed by atoms with E-state index in [1.807, 2.05) is 59.2 Å². The van der Waals surface area contributed by atoms with Gasteiger partial charge in [0.15, 0.2) is 0 Å². The van der Waals surface area contributed by atoms with Gasteiger partial charge >= 0.3 is 6.09 Å². The molecule has 0 bridgehead atoms. The molecule has 358 valence electrons. The third-order valence-corrected chi connectivity index (χ3v) is 12.5. The van der Waals surface area contributed by atoms with Gasteiger partial charge in [0.25, 0.3) is 10.1 Å². The molecule has 0 spiro atoms. The van der Waals surface area contributed by atoms with Crippen LogP contribution in [0.5, 0.6) is 0 Å². The summed E-state index contributed by atoms with van der Waals surface area (Å²) in [7, 11) is 0.953. The highest BCUT2D eigenvalue weighted by molar-refractivity contribution is 7.85. The first kappa shape index (κ1) is 51.7. The molecule has 18 heteroatoms. The van der Waals surface area contributed by atoms with Gasteiger partial charge in [0, 0.05) is 63.7 Å². The maximum atomic E-state index is 13.4. The molecule has 1 heterocycles. The zero-order chi connectivity index (χ0) is 47.3. The Bertz CT molecular complexity index is 2260. The van der Waals surface area contributed by atoms with Crippen LogP contribution in [0, 0.1) is 0 Å². The minimum Gasteiger partial charge on any atom is -0.447 e. The third-order valence-electron chi connectivity index (χ3n) is 11.7. The van der Waals surface area contributed by atoms with Crippen molar-refractivity contribution in [3.05, 3.63) is 95.7 Å².